The first-order valence-corrected chi connectivity index (χ1v) is 21.2. The standard InChI is InChI=1S/C45H45NO4Si/c1-43-40-29-38(51(2,3)45(35-23-13-6-14-24-35,36-25-15-7-16-26-36)37-27-17-8-18-28-37)30-44(40,42(48)49-31-33-19-9-4-10-20-33)41(47)46(43)39(32-50-43)34-21-11-5-12-22-34/h4-28,38-40H,29-32H2,1-3H3/t38-,39-,40+,43-,44-/m1/s1. The number of rotatable bonds is 9. The fourth-order valence-electron chi connectivity index (χ4n) is 10.2. The van der Waals surface area contributed by atoms with Crippen LogP contribution in [-0.4, -0.2) is 37.2 Å². The minimum absolute atomic E-state index is 0.0784. The van der Waals surface area contributed by atoms with Gasteiger partial charge in [0, 0.05) is 11.0 Å². The van der Waals surface area contributed by atoms with Crippen molar-refractivity contribution in [1.29, 1.82) is 0 Å². The highest BCUT2D eigenvalue weighted by Crippen LogP contribution is 2.68. The van der Waals surface area contributed by atoms with Crippen molar-refractivity contribution in [3.8, 4) is 0 Å². The van der Waals surface area contributed by atoms with E-state index in [-0.39, 0.29) is 30.0 Å². The molecule has 0 aromatic heterocycles. The van der Waals surface area contributed by atoms with Gasteiger partial charge in [-0.05, 0) is 53.1 Å². The zero-order valence-electron chi connectivity index (χ0n) is 29.6. The highest BCUT2D eigenvalue weighted by Gasteiger charge is 2.77. The fraction of sp³-hybridized carbons (Fsp3) is 0.289. The summed E-state index contributed by atoms with van der Waals surface area (Å²) in [4.78, 5) is 32.1. The molecule has 6 heteroatoms. The van der Waals surface area contributed by atoms with Gasteiger partial charge >= 0.3 is 5.97 Å². The monoisotopic (exact) mass is 691 g/mol. The molecule has 3 aliphatic rings. The van der Waals surface area contributed by atoms with Gasteiger partial charge < -0.3 is 14.4 Å². The number of hydrogen-bond donors (Lipinski definition) is 0. The number of hydrogen-bond acceptors (Lipinski definition) is 4. The molecule has 2 saturated heterocycles. The van der Waals surface area contributed by atoms with E-state index in [9.17, 15) is 4.79 Å². The highest BCUT2D eigenvalue weighted by atomic mass is 28.3. The molecule has 8 rings (SSSR count). The zero-order valence-corrected chi connectivity index (χ0v) is 30.6. The summed E-state index contributed by atoms with van der Waals surface area (Å²) in [6.07, 6.45) is 1.11. The van der Waals surface area contributed by atoms with Crippen molar-refractivity contribution >= 4 is 20.0 Å². The Hall–Kier alpha value is -4.78. The summed E-state index contributed by atoms with van der Waals surface area (Å²) in [7, 11) is -2.64. The predicted octanol–water partition coefficient (Wildman–Crippen LogP) is 9.11. The maximum absolute atomic E-state index is 15.3. The molecule has 0 unspecified atom stereocenters. The molecule has 5 aromatic carbocycles. The van der Waals surface area contributed by atoms with E-state index in [2.05, 4.69) is 104 Å². The van der Waals surface area contributed by atoms with Crippen LogP contribution in [0.5, 0.6) is 0 Å². The molecule has 2 heterocycles. The van der Waals surface area contributed by atoms with Gasteiger partial charge in [0.1, 0.15) is 12.3 Å². The van der Waals surface area contributed by atoms with E-state index in [1.807, 2.05) is 72.5 Å². The lowest BCUT2D eigenvalue weighted by Gasteiger charge is -2.51. The van der Waals surface area contributed by atoms with Gasteiger partial charge in [0.15, 0.2) is 5.41 Å². The summed E-state index contributed by atoms with van der Waals surface area (Å²) in [6, 6.07) is 52.1. The molecule has 1 amide bonds. The first-order valence-electron chi connectivity index (χ1n) is 18.1. The molecule has 5 aromatic rings. The number of esters is 1. The summed E-state index contributed by atoms with van der Waals surface area (Å²) in [5.41, 5.74) is 3.39. The van der Waals surface area contributed by atoms with E-state index in [4.69, 9.17) is 9.47 Å². The van der Waals surface area contributed by atoms with Crippen LogP contribution in [0.2, 0.25) is 18.6 Å². The average Bonchev–Trinajstić information content (AvgIpc) is 3.81. The van der Waals surface area contributed by atoms with Crippen molar-refractivity contribution in [2.45, 2.75) is 61.8 Å². The number of ether oxygens (including phenoxy) is 2. The molecular formula is C45H45NO4Si. The molecular weight excluding hydrogens is 647 g/mol. The first kappa shape index (κ1) is 33.4. The quantitative estimate of drug-likeness (QED) is 0.0670. The lowest BCUT2D eigenvalue weighted by Crippen LogP contribution is -2.57. The van der Waals surface area contributed by atoms with Crippen LogP contribution in [0.4, 0.5) is 0 Å². The van der Waals surface area contributed by atoms with E-state index in [0.717, 1.165) is 11.1 Å². The first-order chi connectivity index (χ1) is 24.7. The Morgan fingerprint density at radius 2 is 1.24 bits per heavy atom. The molecule has 0 bridgehead atoms. The summed E-state index contributed by atoms with van der Waals surface area (Å²) in [5, 5.41) is -0.470. The third-order valence-corrected chi connectivity index (χ3v) is 17.9. The van der Waals surface area contributed by atoms with Gasteiger partial charge in [-0.2, -0.15) is 0 Å². The summed E-state index contributed by atoms with van der Waals surface area (Å²) >= 11 is 0. The second kappa shape index (κ2) is 12.8. The molecule has 51 heavy (non-hydrogen) atoms. The molecule has 0 spiro atoms. The lowest BCUT2D eigenvalue weighted by molar-refractivity contribution is -0.165. The van der Waals surface area contributed by atoms with Crippen LogP contribution in [0, 0.1) is 11.3 Å². The number of amides is 1. The molecule has 0 N–H and O–H groups in total. The van der Waals surface area contributed by atoms with Gasteiger partial charge in [-0.3, -0.25) is 9.59 Å². The number of benzene rings is 5. The van der Waals surface area contributed by atoms with E-state index in [0.29, 0.717) is 19.4 Å². The van der Waals surface area contributed by atoms with Gasteiger partial charge in [0.25, 0.3) is 0 Å². The van der Waals surface area contributed by atoms with E-state index in [1.165, 1.54) is 16.7 Å². The van der Waals surface area contributed by atoms with Crippen LogP contribution in [0.1, 0.15) is 53.6 Å². The second-order valence-corrected chi connectivity index (χ2v) is 20.3. The van der Waals surface area contributed by atoms with Gasteiger partial charge in [-0.25, -0.2) is 0 Å². The Morgan fingerprint density at radius 1 is 0.765 bits per heavy atom. The summed E-state index contributed by atoms with van der Waals surface area (Å²) in [5.74, 6) is -0.952. The van der Waals surface area contributed by atoms with E-state index >= 15 is 4.79 Å². The molecule has 1 saturated carbocycles. The van der Waals surface area contributed by atoms with Crippen molar-refractivity contribution in [3.63, 3.8) is 0 Å². The fourth-order valence-corrected chi connectivity index (χ4v) is 15.2. The molecule has 2 aliphatic heterocycles. The average molecular weight is 692 g/mol. The molecule has 1 aliphatic carbocycles. The highest BCUT2D eigenvalue weighted by molar-refractivity contribution is 6.83. The number of fused-ring (bicyclic) bond motifs is 3. The van der Waals surface area contributed by atoms with Crippen LogP contribution < -0.4 is 0 Å². The molecule has 0 radical (unpaired) electrons. The van der Waals surface area contributed by atoms with E-state index < -0.39 is 30.2 Å². The minimum Gasteiger partial charge on any atom is -0.460 e. The normalized spacial score (nSPS) is 25.7. The maximum atomic E-state index is 15.3. The number of carbonyl (C=O) groups excluding carboxylic acids is 2. The zero-order chi connectivity index (χ0) is 35.3. The Balaban J connectivity index is 1.28. The Morgan fingerprint density at radius 3 is 1.75 bits per heavy atom. The largest absolute Gasteiger partial charge is 0.460 e. The van der Waals surface area contributed by atoms with Gasteiger partial charge in [0.05, 0.1) is 20.7 Å². The minimum atomic E-state index is -2.64. The second-order valence-electron chi connectivity index (χ2n) is 15.3. The van der Waals surface area contributed by atoms with Crippen LogP contribution in [0.3, 0.4) is 0 Å². The van der Waals surface area contributed by atoms with Crippen LogP contribution in [0.25, 0.3) is 0 Å². The van der Waals surface area contributed by atoms with Gasteiger partial charge in [-0.1, -0.05) is 165 Å². The summed E-state index contributed by atoms with van der Waals surface area (Å²) in [6.45, 7) is 7.50. The van der Waals surface area contributed by atoms with Crippen molar-refractivity contribution in [3.05, 3.63) is 179 Å². The van der Waals surface area contributed by atoms with Gasteiger partial charge in [-0.15, -0.1) is 0 Å². The maximum Gasteiger partial charge on any atom is 0.322 e. The molecule has 3 fully saturated rings. The van der Waals surface area contributed by atoms with Crippen molar-refractivity contribution in [2.24, 2.45) is 11.3 Å². The Kier molecular flexibility index (Phi) is 8.35. The van der Waals surface area contributed by atoms with Crippen molar-refractivity contribution in [1.82, 2.24) is 4.90 Å². The third-order valence-electron chi connectivity index (χ3n) is 12.6. The van der Waals surface area contributed by atoms with Crippen LogP contribution in [0.15, 0.2) is 152 Å². The SMILES string of the molecule is C[C@]12OC[C@H](c3ccccc3)N1C(=O)[C@@]1(C(=O)OCc3ccccc3)C[C@H]([Si](C)(C)C(c3ccccc3)(c3ccccc3)c3ccccc3)C[C@H]12. The van der Waals surface area contributed by atoms with Crippen molar-refractivity contribution < 1.29 is 19.1 Å². The van der Waals surface area contributed by atoms with Gasteiger partial charge in [0.2, 0.25) is 5.91 Å². The summed E-state index contributed by atoms with van der Waals surface area (Å²) < 4.78 is 13.0. The van der Waals surface area contributed by atoms with Crippen LogP contribution >= 0.6 is 0 Å². The number of carbonyl (C=O) groups is 2. The topological polar surface area (TPSA) is 55.8 Å². The number of nitrogens with zero attached hydrogens (tertiary/aromatic N) is 1. The lowest BCUT2D eigenvalue weighted by atomic mass is 9.76. The Labute approximate surface area is 302 Å². The third kappa shape index (κ3) is 4.98. The van der Waals surface area contributed by atoms with Crippen molar-refractivity contribution in [2.75, 3.05) is 6.61 Å². The Bertz CT molecular complexity index is 1910. The molecule has 5 atom stereocenters. The molecule has 5 nitrogen and oxygen atoms in total. The van der Waals surface area contributed by atoms with E-state index in [1.54, 1.807) is 0 Å². The predicted molar refractivity (Wildman–Crippen MR) is 202 cm³/mol. The van der Waals surface area contributed by atoms with Crippen LogP contribution in [-0.2, 0) is 30.7 Å². The molecule has 258 valence electrons. The smallest absolute Gasteiger partial charge is 0.322 e.